The van der Waals surface area contributed by atoms with Gasteiger partial charge in [-0.1, -0.05) is 20.3 Å². The first kappa shape index (κ1) is 18.1. The third kappa shape index (κ3) is 2.72. The first-order valence-corrected chi connectivity index (χ1v) is 10.1. The number of rotatable bonds is 4. The van der Waals surface area contributed by atoms with Crippen LogP contribution in [0.1, 0.15) is 65.6 Å². The van der Waals surface area contributed by atoms with Crippen LogP contribution in [0.3, 0.4) is 0 Å². The molecule has 0 radical (unpaired) electrons. The van der Waals surface area contributed by atoms with Gasteiger partial charge in [0.25, 0.3) is 0 Å². The van der Waals surface area contributed by atoms with Crippen molar-refractivity contribution in [3.05, 3.63) is 24.2 Å². The van der Waals surface area contributed by atoms with Gasteiger partial charge in [0.2, 0.25) is 0 Å². The zero-order valence-electron chi connectivity index (χ0n) is 16.5. The highest BCUT2D eigenvalue weighted by Crippen LogP contribution is 2.67. The second-order valence-corrected chi connectivity index (χ2v) is 9.68. The number of ether oxygens (including phenoxy) is 2. The zero-order chi connectivity index (χ0) is 18.6. The number of carbonyl (C=O) groups is 1. The Labute approximate surface area is 156 Å². The monoisotopic (exact) mass is 360 g/mol. The molecule has 4 rings (SSSR count). The van der Waals surface area contributed by atoms with E-state index in [1.165, 1.54) is 32.6 Å². The lowest BCUT2D eigenvalue weighted by Crippen LogP contribution is -2.58. The molecule has 1 spiro atoms. The van der Waals surface area contributed by atoms with Gasteiger partial charge < -0.3 is 13.9 Å². The molecular formula is C22H32O4. The minimum atomic E-state index is -0.212. The fourth-order valence-electron chi connectivity index (χ4n) is 6.80. The lowest BCUT2D eigenvalue weighted by Gasteiger charge is -2.58. The van der Waals surface area contributed by atoms with Crippen molar-refractivity contribution in [1.29, 1.82) is 0 Å². The van der Waals surface area contributed by atoms with Gasteiger partial charge in [-0.3, -0.25) is 4.79 Å². The molecule has 2 heterocycles. The maximum absolute atomic E-state index is 12.0. The van der Waals surface area contributed by atoms with Gasteiger partial charge in [-0.15, -0.1) is 0 Å². The molecule has 26 heavy (non-hydrogen) atoms. The van der Waals surface area contributed by atoms with Crippen molar-refractivity contribution in [2.75, 3.05) is 6.61 Å². The van der Waals surface area contributed by atoms with Crippen molar-refractivity contribution in [2.45, 2.75) is 77.9 Å². The van der Waals surface area contributed by atoms with Crippen LogP contribution >= 0.6 is 0 Å². The number of hydrogen-bond acceptors (Lipinski definition) is 4. The van der Waals surface area contributed by atoms with Crippen LogP contribution in [0, 0.1) is 22.7 Å². The van der Waals surface area contributed by atoms with E-state index < -0.39 is 0 Å². The summed E-state index contributed by atoms with van der Waals surface area (Å²) in [5, 5.41) is 0. The van der Waals surface area contributed by atoms with E-state index in [9.17, 15) is 4.79 Å². The Bertz CT molecular complexity index is 664. The van der Waals surface area contributed by atoms with Crippen LogP contribution in [0.15, 0.2) is 22.8 Å². The summed E-state index contributed by atoms with van der Waals surface area (Å²) in [5.74, 6) is 1.52. The van der Waals surface area contributed by atoms with Crippen LogP contribution in [0.4, 0.5) is 0 Å². The molecule has 4 heteroatoms. The molecule has 144 valence electrons. The average Bonchev–Trinajstić information content (AvgIpc) is 3.09. The smallest absolute Gasteiger partial charge is 0.302 e. The fourth-order valence-corrected chi connectivity index (χ4v) is 6.80. The highest BCUT2D eigenvalue weighted by atomic mass is 16.6. The molecule has 1 aromatic heterocycles. The highest BCUT2D eigenvalue weighted by molar-refractivity contribution is 5.66. The molecule has 1 aliphatic heterocycles. The third-order valence-corrected chi connectivity index (χ3v) is 7.65. The van der Waals surface area contributed by atoms with Crippen LogP contribution < -0.4 is 0 Å². The Hall–Kier alpha value is -1.29. The molecule has 0 aromatic carbocycles. The predicted molar refractivity (Wildman–Crippen MR) is 98.6 cm³/mol. The summed E-state index contributed by atoms with van der Waals surface area (Å²) in [6, 6.07) is 3.88. The molecular weight excluding hydrogens is 328 g/mol. The number of hydrogen-bond donors (Lipinski definition) is 0. The summed E-state index contributed by atoms with van der Waals surface area (Å²) in [5.41, 5.74) is 0.217. The van der Waals surface area contributed by atoms with Gasteiger partial charge >= 0.3 is 5.97 Å². The molecule has 0 unspecified atom stereocenters. The lowest BCUT2D eigenvalue weighted by atomic mass is 9.45. The summed E-state index contributed by atoms with van der Waals surface area (Å²) in [7, 11) is 0. The van der Waals surface area contributed by atoms with Gasteiger partial charge in [0.05, 0.1) is 18.5 Å². The van der Waals surface area contributed by atoms with Gasteiger partial charge in [-0.2, -0.15) is 0 Å². The molecule has 2 saturated carbocycles. The molecule has 2 aliphatic carbocycles. The first-order chi connectivity index (χ1) is 12.3. The van der Waals surface area contributed by atoms with Crippen LogP contribution in [0.25, 0.3) is 0 Å². The van der Waals surface area contributed by atoms with Crippen molar-refractivity contribution < 1.29 is 18.7 Å². The van der Waals surface area contributed by atoms with E-state index in [-0.39, 0.29) is 29.0 Å². The maximum Gasteiger partial charge on any atom is 0.302 e. The van der Waals surface area contributed by atoms with E-state index in [4.69, 9.17) is 13.9 Å². The minimum Gasteiger partial charge on any atom is -0.469 e. The molecule has 3 aliphatic rings. The molecule has 0 amide bonds. The Morgan fingerprint density at radius 3 is 2.81 bits per heavy atom. The topological polar surface area (TPSA) is 48.7 Å². The van der Waals surface area contributed by atoms with E-state index in [0.29, 0.717) is 17.8 Å². The number of furan rings is 1. The molecule has 5 atom stereocenters. The van der Waals surface area contributed by atoms with E-state index >= 15 is 0 Å². The van der Waals surface area contributed by atoms with Gasteiger partial charge in [0.15, 0.2) is 0 Å². The van der Waals surface area contributed by atoms with Crippen LogP contribution in [0.5, 0.6) is 0 Å². The summed E-state index contributed by atoms with van der Waals surface area (Å²) in [4.78, 5) is 12.0. The third-order valence-electron chi connectivity index (χ3n) is 7.65. The quantitative estimate of drug-likeness (QED) is 0.726. The van der Waals surface area contributed by atoms with E-state index in [0.717, 1.165) is 18.8 Å². The van der Waals surface area contributed by atoms with E-state index in [1.54, 1.807) is 6.26 Å². The largest absolute Gasteiger partial charge is 0.469 e. The first-order valence-electron chi connectivity index (χ1n) is 10.1. The van der Waals surface area contributed by atoms with E-state index in [1.807, 2.05) is 12.1 Å². The second-order valence-electron chi connectivity index (χ2n) is 9.68. The predicted octanol–water partition coefficient (Wildman–Crippen LogP) is 4.77. The standard InChI is InChI=1S/C22H32O4/c1-15(23)26-17(13-16-7-5-12-24-16)19-21(4)11-8-18-20(2,3)9-6-10-22(18,19)14-25-21/h5,7,12,17-19H,6,8-11,13-14H2,1-4H3/t17-,18-,19-,21-,22+/m0/s1. The second kappa shape index (κ2) is 6.12. The van der Waals surface area contributed by atoms with Gasteiger partial charge in [-0.25, -0.2) is 0 Å². The molecule has 3 fully saturated rings. The fraction of sp³-hybridized carbons (Fsp3) is 0.773. The van der Waals surface area contributed by atoms with Crippen molar-refractivity contribution in [3.8, 4) is 0 Å². The Morgan fingerprint density at radius 2 is 2.12 bits per heavy atom. The maximum atomic E-state index is 12.0. The SMILES string of the molecule is CC(=O)O[C@@H](Cc1ccco1)[C@@H]1[C@@]23CCCC(C)(C)[C@@H]2CC[C@]1(C)OC3. The molecule has 1 aromatic rings. The van der Waals surface area contributed by atoms with Crippen molar-refractivity contribution in [1.82, 2.24) is 0 Å². The normalized spacial score (nSPS) is 39.2. The summed E-state index contributed by atoms with van der Waals surface area (Å²) in [6.07, 6.45) is 8.08. The van der Waals surface area contributed by atoms with Crippen molar-refractivity contribution >= 4 is 5.97 Å². The molecule has 0 N–H and O–H groups in total. The minimum absolute atomic E-state index is 0.113. The molecule has 2 bridgehead atoms. The van der Waals surface area contributed by atoms with Gasteiger partial charge in [0.1, 0.15) is 11.9 Å². The van der Waals surface area contributed by atoms with E-state index in [2.05, 4.69) is 20.8 Å². The molecule has 4 nitrogen and oxygen atoms in total. The number of carbonyl (C=O) groups excluding carboxylic acids is 1. The number of esters is 1. The Morgan fingerprint density at radius 1 is 1.31 bits per heavy atom. The summed E-state index contributed by atoms with van der Waals surface area (Å²) in [6.45, 7) is 9.40. The lowest BCUT2D eigenvalue weighted by molar-refractivity contribution is -0.167. The highest BCUT2D eigenvalue weighted by Gasteiger charge is 2.67. The zero-order valence-corrected chi connectivity index (χ0v) is 16.5. The van der Waals surface area contributed by atoms with Crippen molar-refractivity contribution in [3.63, 3.8) is 0 Å². The molecule has 1 saturated heterocycles. The van der Waals surface area contributed by atoms with Crippen molar-refractivity contribution in [2.24, 2.45) is 22.7 Å². The number of fused-ring (bicyclic) bond motifs is 1. The van der Waals surface area contributed by atoms with Crippen LogP contribution in [-0.4, -0.2) is 24.3 Å². The average molecular weight is 360 g/mol. The van der Waals surface area contributed by atoms with Crippen LogP contribution in [0.2, 0.25) is 0 Å². The Kier molecular flexibility index (Phi) is 4.26. The van der Waals surface area contributed by atoms with Gasteiger partial charge in [-0.05, 0) is 56.1 Å². The summed E-state index contributed by atoms with van der Waals surface area (Å²) < 4.78 is 18.0. The Balaban J connectivity index is 1.74. The summed E-state index contributed by atoms with van der Waals surface area (Å²) >= 11 is 0. The van der Waals surface area contributed by atoms with Gasteiger partial charge in [0, 0.05) is 24.7 Å². The van der Waals surface area contributed by atoms with Crippen LogP contribution in [-0.2, 0) is 20.7 Å².